The Kier molecular flexibility index (Phi) is 3.54. The second-order valence-electron chi connectivity index (χ2n) is 2.96. The predicted molar refractivity (Wildman–Crippen MR) is 49.1 cm³/mol. The Morgan fingerprint density at radius 2 is 2.00 bits per heavy atom. The van der Waals surface area contributed by atoms with Gasteiger partial charge in [0.25, 0.3) is 0 Å². The first-order chi connectivity index (χ1) is 6.92. The Morgan fingerprint density at radius 1 is 1.33 bits per heavy atom. The van der Waals surface area contributed by atoms with E-state index in [1.807, 2.05) is 0 Å². The molecule has 1 rings (SSSR count). The Hall–Kier alpha value is -1.27. The normalized spacial score (nSPS) is 13.7. The van der Waals surface area contributed by atoms with Gasteiger partial charge >= 0.3 is 6.36 Å². The van der Waals surface area contributed by atoms with Gasteiger partial charge in [-0.15, -0.1) is 13.2 Å². The summed E-state index contributed by atoms with van der Waals surface area (Å²) in [5, 5.41) is 0. The molecule has 3 nitrogen and oxygen atoms in total. The van der Waals surface area contributed by atoms with Gasteiger partial charge in [0, 0.05) is 12.6 Å². The lowest BCUT2D eigenvalue weighted by Gasteiger charge is -2.12. The van der Waals surface area contributed by atoms with E-state index in [2.05, 4.69) is 4.74 Å². The van der Waals surface area contributed by atoms with E-state index in [-0.39, 0.29) is 12.3 Å². The van der Waals surface area contributed by atoms with E-state index in [9.17, 15) is 13.2 Å². The van der Waals surface area contributed by atoms with E-state index >= 15 is 0 Å². The Labute approximate surface area is 84.8 Å². The number of hydrogen-bond acceptors (Lipinski definition) is 3. The first-order valence-corrected chi connectivity index (χ1v) is 4.24. The molecule has 1 aromatic rings. The Balaban J connectivity index is 2.83. The van der Waals surface area contributed by atoms with E-state index in [1.54, 1.807) is 6.07 Å². The first-order valence-electron chi connectivity index (χ1n) is 4.24. The monoisotopic (exact) mass is 220 g/mol. The van der Waals surface area contributed by atoms with E-state index in [4.69, 9.17) is 11.5 Å². The van der Waals surface area contributed by atoms with Crippen LogP contribution in [-0.2, 0) is 0 Å². The topological polar surface area (TPSA) is 61.3 Å². The molecule has 0 saturated carbocycles. The van der Waals surface area contributed by atoms with Gasteiger partial charge in [-0.3, -0.25) is 0 Å². The van der Waals surface area contributed by atoms with Crippen LogP contribution in [0.25, 0.3) is 0 Å². The summed E-state index contributed by atoms with van der Waals surface area (Å²) in [7, 11) is 0. The molecule has 0 aromatic heterocycles. The van der Waals surface area contributed by atoms with Crippen LogP contribution in [-0.4, -0.2) is 12.9 Å². The van der Waals surface area contributed by atoms with Crippen LogP contribution in [0.3, 0.4) is 0 Å². The third-order valence-corrected chi connectivity index (χ3v) is 1.77. The van der Waals surface area contributed by atoms with Crippen molar-refractivity contribution in [2.24, 2.45) is 11.5 Å². The lowest BCUT2D eigenvalue weighted by molar-refractivity contribution is -0.274. The zero-order valence-electron chi connectivity index (χ0n) is 7.79. The van der Waals surface area contributed by atoms with Crippen molar-refractivity contribution in [2.75, 3.05) is 6.54 Å². The van der Waals surface area contributed by atoms with Gasteiger partial charge < -0.3 is 16.2 Å². The van der Waals surface area contributed by atoms with Gasteiger partial charge in [0.2, 0.25) is 0 Å². The van der Waals surface area contributed by atoms with Gasteiger partial charge in [-0.25, -0.2) is 0 Å². The maximum absolute atomic E-state index is 11.9. The minimum atomic E-state index is -4.69. The quantitative estimate of drug-likeness (QED) is 0.812. The van der Waals surface area contributed by atoms with Crippen molar-refractivity contribution in [3.05, 3.63) is 29.8 Å². The number of benzene rings is 1. The van der Waals surface area contributed by atoms with E-state index < -0.39 is 12.4 Å². The summed E-state index contributed by atoms with van der Waals surface area (Å²) in [5.41, 5.74) is 11.4. The summed E-state index contributed by atoms with van der Waals surface area (Å²) in [4.78, 5) is 0. The first kappa shape index (κ1) is 11.8. The molecule has 0 saturated heterocycles. The Bertz CT molecular complexity index is 327. The molecular weight excluding hydrogens is 209 g/mol. The van der Waals surface area contributed by atoms with Crippen molar-refractivity contribution in [1.82, 2.24) is 0 Å². The zero-order chi connectivity index (χ0) is 11.5. The van der Waals surface area contributed by atoms with Crippen LogP contribution in [0, 0.1) is 0 Å². The fourth-order valence-corrected chi connectivity index (χ4v) is 1.08. The fraction of sp³-hybridized carbons (Fsp3) is 0.333. The highest BCUT2D eigenvalue weighted by Crippen LogP contribution is 2.24. The van der Waals surface area contributed by atoms with Crippen molar-refractivity contribution in [2.45, 2.75) is 12.4 Å². The van der Waals surface area contributed by atoms with E-state index in [1.165, 1.54) is 18.2 Å². The van der Waals surface area contributed by atoms with Crippen LogP contribution in [0.1, 0.15) is 11.6 Å². The molecule has 0 fully saturated rings. The van der Waals surface area contributed by atoms with Crippen LogP contribution < -0.4 is 16.2 Å². The van der Waals surface area contributed by atoms with Crippen molar-refractivity contribution in [1.29, 1.82) is 0 Å². The number of nitrogens with two attached hydrogens (primary N) is 2. The highest BCUT2D eigenvalue weighted by Gasteiger charge is 2.31. The van der Waals surface area contributed by atoms with Gasteiger partial charge in [0.15, 0.2) is 0 Å². The molecule has 4 N–H and O–H groups in total. The summed E-state index contributed by atoms with van der Waals surface area (Å²) in [5.74, 6) is -0.288. The number of ether oxygens (including phenoxy) is 1. The molecule has 0 bridgehead atoms. The van der Waals surface area contributed by atoms with Gasteiger partial charge in [-0.05, 0) is 17.7 Å². The van der Waals surface area contributed by atoms with Crippen molar-refractivity contribution >= 4 is 0 Å². The molecule has 1 atom stereocenters. The third-order valence-electron chi connectivity index (χ3n) is 1.77. The maximum Gasteiger partial charge on any atom is 0.573 e. The zero-order valence-corrected chi connectivity index (χ0v) is 7.79. The average Bonchev–Trinajstić information content (AvgIpc) is 2.14. The standard InChI is InChI=1S/C9H11F3N2O/c10-9(11,12)15-7-3-1-2-6(4-7)8(14)5-13/h1-4,8H,5,13-14H2/t8-/m0/s1. The van der Waals surface area contributed by atoms with Crippen LogP contribution in [0.15, 0.2) is 24.3 Å². The smallest absolute Gasteiger partial charge is 0.406 e. The molecule has 0 heterocycles. The fourth-order valence-electron chi connectivity index (χ4n) is 1.08. The molecular formula is C9H11F3N2O. The van der Waals surface area contributed by atoms with Gasteiger partial charge in [-0.2, -0.15) is 0 Å². The number of hydrogen-bond donors (Lipinski definition) is 2. The number of alkyl halides is 3. The van der Waals surface area contributed by atoms with Crippen LogP contribution >= 0.6 is 0 Å². The van der Waals surface area contributed by atoms with Crippen LogP contribution in [0.2, 0.25) is 0 Å². The molecule has 1 aromatic carbocycles. The molecule has 84 valence electrons. The summed E-state index contributed by atoms with van der Waals surface area (Å²) in [6.07, 6.45) is -4.69. The molecule has 0 aliphatic heterocycles. The Morgan fingerprint density at radius 3 is 2.53 bits per heavy atom. The molecule has 0 radical (unpaired) electrons. The molecule has 0 unspecified atom stereocenters. The molecule has 6 heteroatoms. The third kappa shape index (κ3) is 3.77. The largest absolute Gasteiger partial charge is 0.573 e. The summed E-state index contributed by atoms with van der Waals surface area (Å²) in [6, 6.07) is 4.99. The maximum atomic E-state index is 11.9. The van der Waals surface area contributed by atoms with Crippen molar-refractivity contribution in [3.63, 3.8) is 0 Å². The van der Waals surface area contributed by atoms with Crippen molar-refractivity contribution in [3.8, 4) is 5.75 Å². The average molecular weight is 220 g/mol. The summed E-state index contributed by atoms with van der Waals surface area (Å²) in [6.45, 7) is 0.162. The lowest BCUT2D eigenvalue weighted by Crippen LogP contribution is -2.21. The van der Waals surface area contributed by atoms with Crippen molar-refractivity contribution < 1.29 is 17.9 Å². The predicted octanol–water partition coefficient (Wildman–Crippen LogP) is 1.54. The molecule has 0 aliphatic rings. The van der Waals surface area contributed by atoms with E-state index in [0.717, 1.165) is 0 Å². The lowest BCUT2D eigenvalue weighted by atomic mass is 10.1. The summed E-state index contributed by atoms with van der Waals surface area (Å²) >= 11 is 0. The van der Waals surface area contributed by atoms with Gasteiger partial charge in [-0.1, -0.05) is 12.1 Å². The van der Waals surface area contributed by atoms with Crippen LogP contribution in [0.4, 0.5) is 13.2 Å². The second kappa shape index (κ2) is 4.50. The van der Waals surface area contributed by atoms with E-state index in [0.29, 0.717) is 5.56 Å². The van der Waals surface area contributed by atoms with Crippen LogP contribution in [0.5, 0.6) is 5.75 Å². The second-order valence-corrected chi connectivity index (χ2v) is 2.96. The number of halogens is 3. The molecule has 0 aliphatic carbocycles. The SMILES string of the molecule is NC[C@H](N)c1cccc(OC(F)(F)F)c1. The van der Waals surface area contributed by atoms with Gasteiger partial charge in [0.05, 0.1) is 0 Å². The number of rotatable bonds is 3. The molecule has 15 heavy (non-hydrogen) atoms. The highest BCUT2D eigenvalue weighted by molar-refractivity contribution is 5.30. The highest BCUT2D eigenvalue weighted by atomic mass is 19.4. The summed E-state index contributed by atoms with van der Waals surface area (Å²) < 4.78 is 39.4. The minimum Gasteiger partial charge on any atom is -0.406 e. The minimum absolute atomic E-state index is 0.162. The molecule has 0 spiro atoms. The molecule has 0 amide bonds. The van der Waals surface area contributed by atoms with Gasteiger partial charge in [0.1, 0.15) is 5.75 Å².